The molecule has 0 aromatic heterocycles. The highest BCUT2D eigenvalue weighted by Gasteiger charge is 2.50. The number of Topliss-reactive ketones (excluding diaryl/α,β-unsaturated/α-hetero) is 1. The van der Waals surface area contributed by atoms with Crippen LogP contribution in [-0.4, -0.2) is 10.9 Å². The van der Waals surface area contributed by atoms with E-state index < -0.39 is 0 Å². The Hall–Kier alpha value is -1.57. The lowest BCUT2D eigenvalue weighted by Crippen LogP contribution is -2.34. The van der Waals surface area contributed by atoms with E-state index >= 15 is 0 Å². The fraction of sp³-hybridized carbons (Fsp3) is 0.500. The molecule has 0 heterocycles. The van der Waals surface area contributed by atoms with Gasteiger partial charge in [0.05, 0.1) is 0 Å². The van der Waals surface area contributed by atoms with Crippen LogP contribution in [0.3, 0.4) is 0 Å². The first-order valence-corrected chi connectivity index (χ1v) is 7.67. The lowest BCUT2D eigenvalue weighted by molar-refractivity contribution is -0.126. The summed E-state index contributed by atoms with van der Waals surface area (Å²) in [6.45, 7) is 2.18. The van der Waals surface area contributed by atoms with Gasteiger partial charge in [0.25, 0.3) is 0 Å². The van der Waals surface area contributed by atoms with Crippen LogP contribution in [0, 0.1) is 11.3 Å². The van der Waals surface area contributed by atoms with Gasteiger partial charge in [0.2, 0.25) is 0 Å². The quantitative estimate of drug-likeness (QED) is 0.775. The van der Waals surface area contributed by atoms with E-state index in [0.717, 1.165) is 38.5 Å². The standard InChI is InChI=1S/C18H20O2/c1-18-9-8-14-13-5-3-12(19)10-11(13)2-4-15(14)16(18)6-7-17(18)20/h3,5,10,16,19H,2,4,6-9H2,1H3/t16-,18+/m1/s1. The lowest BCUT2D eigenvalue weighted by atomic mass is 9.63. The Morgan fingerprint density at radius 3 is 2.90 bits per heavy atom. The molecule has 0 amide bonds. The highest BCUT2D eigenvalue weighted by molar-refractivity contribution is 5.90. The van der Waals surface area contributed by atoms with E-state index in [1.54, 1.807) is 11.6 Å². The third-order valence-corrected chi connectivity index (χ3v) is 5.85. The third kappa shape index (κ3) is 1.48. The second kappa shape index (κ2) is 3.97. The van der Waals surface area contributed by atoms with E-state index in [2.05, 4.69) is 13.0 Å². The predicted molar refractivity (Wildman–Crippen MR) is 78.4 cm³/mol. The van der Waals surface area contributed by atoms with Crippen LogP contribution >= 0.6 is 0 Å². The molecule has 20 heavy (non-hydrogen) atoms. The van der Waals surface area contributed by atoms with E-state index in [0.29, 0.717) is 17.5 Å². The largest absolute Gasteiger partial charge is 0.508 e. The fourth-order valence-electron chi connectivity index (χ4n) is 4.69. The SMILES string of the molecule is C[C@]12CCC3=C(CCc4cc(O)ccc43)[C@H]1CCC2=O. The fourth-order valence-corrected chi connectivity index (χ4v) is 4.69. The number of aromatic hydroxyl groups is 1. The maximum Gasteiger partial charge on any atom is 0.139 e. The molecule has 0 bridgehead atoms. The molecule has 0 radical (unpaired) electrons. The highest BCUT2D eigenvalue weighted by Crippen LogP contribution is 2.56. The molecule has 0 spiro atoms. The summed E-state index contributed by atoms with van der Waals surface area (Å²) in [5.74, 6) is 1.32. The molecule has 2 heteroatoms. The summed E-state index contributed by atoms with van der Waals surface area (Å²) in [5.41, 5.74) is 5.53. The average Bonchev–Trinajstić information content (AvgIpc) is 2.74. The normalized spacial score (nSPS) is 31.9. The minimum absolute atomic E-state index is 0.0900. The monoisotopic (exact) mass is 268 g/mol. The molecule has 0 aliphatic heterocycles. The van der Waals surface area contributed by atoms with Crippen molar-refractivity contribution in [1.29, 1.82) is 0 Å². The Balaban J connectivity index is 1.85. The zero-order chi connectivity index (χ0) is 13.9. The molecular weight excluding hydrogens is 248 g/mol. The first-order valence-electron chi connectivity index (χ1n) is 7.67. The average molecular weight is 268 g/mol. The molecule has 104 valence electrons. The van der Waals surface area contributed by atoms with Gasteiger partial charge in [-0.15, -0.1) is 0 Å². The second-order valence-electron chi connectivity index (χ2n) is 6.78. The summed E-state index contributed by atoms with van der Waals surface area (Å²) in [6.07, 6.45) is 5.89. The highest BCUT2D eigenvalue weighted by atomic mass is 16.3. The van der Waals surface area contributed by atoms with Gasteiger partial charge in [-0.05, 0) is 66.9 Å². The summed E-state index contributed by atoms with van der Waals surface area (Å²) < 4.78 is 0. The van der Waals surface area contributed by atoms with Crippen LogP contribution in [0.2, 0.25) is 0 Å². The van der Waals surface area contributed by atoms with Crippen LogP contribution in [0.5, 0.6) is 5.75 Å². The molecule has 1 aromatic rings. The minimum atomic E-state index is -0.0900. The number of carbonyl (C=O) groups excluding carboxylic acids is 1. The van der Waals surface area contributed by atoms with Crippen LogP contribution in [0.4, 0.5) is 0 Å². The van der Waals surface area contributed by atoms with Gasteiger partial charge in [0.1, 0.15) is 11.5 Å². The zero-order valence-electron chi connectivity index (χ0n) is 11.9. The predicted octanol–water partition coefficient (Wildman–Crippen LogP) is 3.87. The summed E-state index contributed by atoms with van der Waals surface area (Å²) >= 11 is 0. The number of allylic oxidation sites excluding steroid dienone is 2. The summed E-state index contributed by atoms with van der Waals surface area (Å²) in [6, 6.07) is 5.77. The first-order chi connectivity index (χ1) is 9.59. The molecule has 4 rings (SSSR count). The number of phenolic OH excluding ortho intramolecular Hbond substituents is 1. The van der Waals surface area contributed by atoms with E-state index in [1.165, 1.54) is 16.7 Å². The number of benzene rings is 1. The minimum Gasteiger partial charge on any atom is -0.508 e. The van der Waals surface area contributed by atoms with Crippen LogP contribution < -0.4 is 0 Å². The Morgan fingerprint density at radius 1 is 1.20 bits per heavy atom. The van der Waals surface area contributed by atoms with Crippen LogP contribution in [-0.2, 0) is 11.2 Å². The van der Waals surface area contributed by atoms with Crippen molar-refractivity contribution in [2.75, 3.05) is 0 Å². The van der Waals surface area contributed by atoms with E-state index in [1.807, 2.05) is 6.07 Å². The van der Waals surface area contributed by atoms with Gasteiger partial charge in [-0.1, -0.05) is 18.6 Å². The third-order valence-electron chi connectivity index (χ3n) is 5.85. The van der Waals surface area contributed by atoms with E-state index in [4.69, 9.17) is 0 Å². The van der Waals surface area contributed by atoms with E-state index in [9.17, 15) is 9.90 Å². The van der Waals surface area contributed by atoms with Crippen molar-refractivity contribution in [1.82, 2.24) is 0 Å². The molecule has 2 atom stereocenters. The maximum atomic E-state index is 12.2. The Labute approximate surface area is 119 Å². The molecule has 3 aliphatic carbocycles. The van der Waals surface area contributed by atoms with Crippen molar-refractivity contribution in [3.63, 3.8) is 0 Å². The van der Waals surface area contributed by atoms with Crippen LogP contribution in [0.1, 0.15) is 50.2 Å². The number of carbonyl (C=O) groups is 1. The van der Waals surface area contributed by atoms with Crippen molar-refractivity contribution < 1.29 is 9.90 Å². The molecule has 1 fully saturated rings. The smallest absolute Gasteiger partial charge is 0.139 e. The molecule has 1 aromatic carbocycles. The summed E-state index contributed by atoms with van der Waals surface area (Å²) in [7, 11) is 0. The zero-order valence-corrected chi connectivity index (χ0v) is 11.9. The van der Waals surface area contributed by atoms with Gasteiger partial charge in [0.15, 0.2) is 0 Å². The van der Waals surface area contributed by atoms with Crippen molar-refractivity contribution in [3.8, 4) is 5.75 Å². The lowest BCUT2D eigenvalue weighted by Gasteiger charge is -2.40. The molecule has 2 nitrogen and oxygen atoms in total. The number of aryl methyl sites for hydroxylation is 1. The molecule has 1 N–H and O–H groups in total. The first kappa shape index (κ1) is 12.2. The van der Waals surface area contributed by atoms with Crippen molar-refractivity contribution in [2.24, 2.45) is 11.3 Å². The van der Waals surface area contributed by atoms with Crippen molar-refractivity contribution in [3.05, 3.63) is 34.9 Å². The van der Waals surface area contributed by atoms with Crippen molar-refractivity contribution >= 4 is 11.4 Å². The summed E-state index contributed by atoms with van der Waals surface area (Å²) in [5, 5.41) is 9.65. The van der Waals surface area contributed by atoms with Crippen LogP contribution in [0.25, 0.3) is 5.57 Å². The Bertz CT molecular complexity index is 641. The number of hydrogen-bond donors (Lipinski definition) is 1. The number of ketones is 1. The molecular formula is C18H20O2. The molecule has 1 saturated carbocycles. The number of phenols is 1. The number of rotatable bonds is 0. The molecule has 0 saturated heterocycles. The number of hydrogen-bond acceptors (Lipinski definition) is 2. The summed E-state index contributed by atoms with van der Waals surface area (Å²) in [4.78, 5) is 12.2. The molecule has 0 unspecified atom stereocenters. The topological polar surface area (TPSA) is 37.3 Å². The van der Waals surface area contributed by atoms with Gasteiger partial charge in [-0.3, -0.25) is 4.79 Å². The van der Waals surface area contributed by atoms with Gasteiger partial charge in [-0.25, -0.2) is 0 Å². The Kier molecular flexibility index (Phi) is 2.42. The van der Waals surface area contributed by atoms with Gasteiger partial charge in [0, 0.05) is 11.8 Å². The molecule has 3 aliphatic rings. The van der Waals surface area contributed by atoms with E-state index in [-0.39, 0.29) is 5.41 Å². The van der Waals surface area contributed by atoms with Crippen LogP contribution in [0.15, 0.2) is 23.8 Å². The number of fused-ring (bicyclic) bond motifs is 4. The maximum absolute atomic E-state index is 12.2. The van der Waals surface area contributed by atoms with Gasteiger partial charge in [-0.2, -0.15) is 0 Å². The Morgan fingerprint density at radius 2 is 2.05 bits per heavy atom. The van der Waals surface area contributed by atoms with Crippen molar-refractivity contribution in [2.45, 2.75) is 45.4 Å². The second-order valence-corrected chi connectivity index (χ2v) is 6.78. The van der Waals surface area contributed by atoms with Gasteiger partial charge < -0.3 is 5.11 Å². The van der Waals surface area contributed by atoms with Gasteiger partial charge >= 0.3 is 0 Å².